The van der Waals surface area contributed by atoms with E-state index in [9.17, 15) is 19.8 Å². The van der Waals surface area contributed by atoms with Gasteiger partial charge in [-0.15, -0.1) is 0 Å². The topological polar surface area (TPSA) is 80.3 Å². The Hall–Kier alpha value is -1.92. The number of carboxylic acid groups (broad SMARTS) is 2. The first-order chi connectivity index (χ1) is 24.7. The van der Waals surface area contributed by atoms with E-state index in [1.165, 1.54) is 205 Å². The van der Waals surface area contributed by atoms with Gasteiger partial charge < -0.3 is 28.8 Å². The highest BCUT2D eigenvalue weighted by Gasteiger charge is 2.06. The van der Waals surface area contributed by atoms with E-state index in [0.29, 0.717) is 0 Å². The van der Waals surface area contributed by atoms with Crippen molar-refractivity contribution in [3.8, 4) is 0 Å². The van der Waals surface area contributed by atoms with Gasteiger partial charge in [-0.2, -0.15) is 0 Å². The highest BCUT2D eigenvalue weighted by atomic mass is 16.4. The minimum Gasteiger partial charge on any atom is -0.545 e. The number of aromatic carboxylic acids is 2. The second kappa shape index (κ2) is 36.1. The minimum atomic E-state index is -1.52. The third kappa shape index (κ3) is 40.8. The standard InChI is InChI=1S/2C19H42N.C8H6O4/c2*1-5-6-7-8-9-10-11-12-13-14-15-16-17-18-19-20(2,3)4;9-7(10)5-3-1-2-4-6(5)8(11)12/h2*5-19H2,1-4H3;1-4H,(H,9,10)(H,11,12)/q2*+1;/p-2. The predicted molar refractivity (Wildman–Crippen MR) is 222 cm³/mol. The zero-order valence-electron chi connectivity index (χ0n) is 36.1. The van der Waals surface area contributed by atoms with Crippen LogP contribution in [0, 0.1) is 0 Å². The van der Waals surface area contributed by atoms with Crippen LogP contribution < -0.4 is 10.2 Å². The van der Waals surface area contributed by atoms with Crippen molar-refractivity contribution in [2.75, 3.05) is 55.4 Å². The van der Waals surface area contributed by atoms with E-state index in [2.05, 4.69) is 56.1 Å². The average Bonchev–Trinajstić information content (AvgIpc) is 3.08. The van der Waals surface area contributed by atoms with Crippen LogP contribution >= 0.6 is 0 Å². The fourth-order valence-electron chi connectivity index (χ4n) is 6.40. The second-order valence-electron chi connectivity index (χ2n) is 17.3. The number of quaternary nitrogens is 2. The SMILES string of the molecule is CCCCCCCCCCCCCCCC[N+](C)(C)C.CCCCCCCCCCCCCCCC[N+](C)(C)C.O=C([O-])c1ccccc1C(=O)[O-]. The second-order valence-corrected chi connectivity index (χ2v) is 17.3. The molecule has 0 unspecified atom stereocenters. The van der Waals surface area contributed by atoms with Crippen LogP contribution in [0.5, 0.6) is 0 Å². The van der Waals surface area contributed by atoms with Crippen LogP contribution in [0.3, 0.4) is 0 Å². The van der Waals surface area contributed by atoms with Crippen molar-refractivity contribution in [2.45, 2.75) is 194 Å². The van der Waals surface area contributed by atoms with E-state index >= 15 is 0 Å². The number of carboxylic acids is 2. The summed E-state index contributed by atoms with van der Waals surface area (Å²) >= 11 is 0. The smallest absolute Gasteiger partial charge is 0.0780 e. The first kappa shape index (κ1) is 52.2. The molecule has 0 amide bonds. The molecule has 6 heteroatoms. The summed E-state index contributed by atoms with van der Waals surface area (Å²) in [7, 11) is 13.8. The molecule has 0 fully saturated rings. The lowest BCUT2D eigenvalue weighted by molar-refractivity contribution is -0.870. The van der Waals surface area contributed by atoms with Gasteiger partial charge >= 0.3 is 0 Å². The minimum absolute atomic E-state index is 0.363. The lowest BCUT2D eigenvalue weighted by Crippen LogP contribution is -2.35. The fourth-order valence-corrected chi connectivity index (χ4v) is 6.40. The molecule has 0 aliphatic rings. The van der Waals surface area contributed by atoms with Gasteiger partial charge in [-0.1, -0.05) is 192 Å². The van der Waals surface area contributed by atoms with Crippen LogP contribution in [-0.4, -0.2) is 76.3 Å². The van der Waals surface area contributed by atoms with Crippen molar-refractivity contribution in [2.24, 2.45) is 0 Å². The summed E-state index contributed by atoms with van der Waals surface area (Å²) < 4.78 is 2.25. The average molecular weight is 733 g/mol. The molecule has 0 spiro atoms. The normalized spacial score (nSPS) is 11.4. The molecule has 1 aromatic rings. The van der Waals surface area contributed by atoms with E-state index in [-0.39, 0.29) is 11.1 Å². The zero-order chi connectivity index (χ0) is 39.4. The summed E-state index contributed by atoms with van der Waals surface area (Å²) in [6.45, 7) is 7.25. The molecular weight excluding hydrogens is 645 g/mol. The molecule has 52 heavy (non-hydrogen) atoms. The van der Waals surface area contributed by atoms with Gasteiger partial charge in [-0.3, -0.25) is 0 Å². The molecule has 0 aliphatic heterocycles. The van der Waals surface area contributed by atoms with E-state index in [4.69, 9.17) is 0 Å². The van der Waals surface area contributed by atoms with Crippen molar-refractivity contribution < 1.29 is 28.8 Å². The van der Waals surface area contributed by atoms with Crippen LogP contribution in [0.2, 0.25) is 0 Å². The number of unbranched alkanes of at least 4 members (excludes halogenated alkanes) is 26. The summed E-state index contributed by atoms with van der Waals surface area (Å²) in [6.07, 6.45) is 40.7. The van der Waals surface area contributed by atoms with Gasteiger partial charge in [0.2, 0.25) is 0 Å². The van der Waals surface area contributed by atoms with Crippen LogP contribution in [-0.2, 0) is 0 Å². The molecule has 1 aromatic carbocycles. The van der Waals surface area contributed by atoms with Gasteiger partial charge in [0.05, 0.1) is 67.3 Å². The molecule has 0 N–H and O–H groups in total. The van der Waals surface area contributed by atoms with E-state index in [0.717, 1.165) is 21.1 Å². The Balaban J connectivity index is 0. The molecule has 0 saturated heterocycles. The lowest BCUT2D eigenvalue weighted by atomic mass is 10.0. The maximum Gasteiger partial charge on any atom is 0.0780 e. The maximum atomic E-state index is 10.3. The van der Waals surface area contributed by atoms with Crippen molar-refractivity contribution in [3.63, 3.8) is 0 Å². The summed E-state index contributed by atoms with van der Waals surface area (Å²) in [5, 5.41) is 20.6. The molecule has 306 valence electrons. The van der Waals surface area contributed by atoms with Gasteiger partial charge in [-0.05, 0) is 25.7 Å². The molecule has 0 saturated carbocycles. The van der Waals surface area contributed by atoms with Gasteiger partial charge in [-0.25, -0.2) is 0 Å². The molecule has 0 aliphatic carbocycles. The summed E-state index contributed by atoms with van der Waals surface area (Å²) in [5.74, 6) is -3.04. The molecule has 0 radical (unpaired) electrons. The zero-order valence-corrected chi connectivity index (χ0v) is 36.1. The third-order valence-electron chi connectivity index (χ3n) is 9.73. The monoisotopic (exact) mass is 733 g/mol. The number of benzene rings is 1. The van der Waals surface area contributed by atoms with Gasteiger partial charge in [0.15, 0.2) is 0 Å². The Labute approximate surface area is 324 Å². The van der Waals surface area contributed by atoms with Crippen LogP contribution in [0.1, 0.15) is 214 Å². The van der Waals surface area contributed by atoms with Crippen LogP contribution in [0.15, 0.2) is 24.3 Å². The first-order valence-electron chi connectivity index (χ1n) is 21.9. The van der Waals surface area contributed by atoms with E-state index < -0.39 is 11.9 Å². The molecule has 0 aromatic heterocycles. The number of nitrogens with zero attached hydrogens (tertiary/aromatic N) is 2. The molecule has 1 rings (SSSR count). The summed E-state index contributed by atoms with van der Waals surface area (Å²) in [5.41, 5.74) is -0.727. The van der Waals surface area contributed by atoms with Gasteiger partial charge in [0.25, 0.3) is 0 Å². The Kier molecular flexibility index (Phi) is 36.2. The predicted octanol–water partition coefficient (Wildman–Crippen LogP) is 10.8. The Morgan fingerprint density at radius 2 is 0.577 bits per heavy atom. The Morgan fingerprint density at radius 3 is 0.750 bits per heavy atom. The molecule has 6 nitrogen and oxygen atoms in total. The fraction of sp³-hybridized carbons (Fsp3) is 0.826. The Morgan fingerprint density at radius 1 is 0.385 bits per heavy atom. The highest BCUT2D eigenvalue weighted by molar-refractivity contribution is 5.99. The number of carbonyl (C=O) groups is 2. The molecule has 0 atom stereocenters. The largest absolute Gasteiger partial charge is 0.545 e. The number of hydrogen-bond donors (Lipinski definition) is 0. The van der Waals surface area contributed by atoms with Crippen molar-refractivity contribution in [1.29, 1.82) is 0 Å². The summed E-state index contributed by atoms with van der Waals surface area (Å²) in [4.78, 5) is 20.6. The van der Waals surface area contributed by atoms with Crippen LogP contribution in [0.25, 0.3) is 0 Å². The number of rotatable bonds is 32. The number of hydrogen-bond acceptors (Lipinski definition) is 4. The van der Waals surface area contributed by atoms with Crippen molar-refractivity contribution >= 4 is 11.9 Å². The maximum absolute atomic E-state index is 10.3. The molecule has 0 bridgehead atoms. The molecule has 0 heterocycles. The van der Waals surface area contributed by atoms with E-state index in [1.54, 1.807) is 0 Å². The first-order valence-corrected chi connectivity index (χ1v) is 21.9. The van der Waals surface area contributed by atoms with Crippen molar-refractivity contribution in [3.05, 3.63) is 35.4 Å². The number of carbonyl (C=O) groups excluding carboxylic acids is 2. The Bertz CT molecular complexity index is 860. The van der Waals surface area contributed by atoms with Gasteiger partial charge in [0, 0.05) is 11.1 Å². The highest BCUT2D eigenvalue weighted by Crippen LogP contribution is 2.15. The van der Waals surface area contributed by atoms with Crippen molar-refractivity contribution in [1.82, 2.24) is 0 Å². The van der Waals surface area contributed by atoms with E-state index in [1.807, 2.05) is 0 Å². The third-order valence-corrected chi connectivity index (χ3v) is 9.73. The summed E-state index contributed by atoms with van der Waals surface area (Å²) in [6, 6.07) is 5.14. The quantitative estimate of drug-likeness (QED) is 0.0546. The van der Waals surface area contributed by atoms with Gasteiger partial charge in [0.1, 0.15) is 0 Å². The van der Waals surface area contributed by atoms with Crippen LogP contribution in [0.4, 0.5) is 0 Å². The lowest BCUT2D eigenvalue weighted by Gasteiger charge is -2.23. The molecular formula is C46H88N2O4.